The van der Waals surface area contributed by atoms with Crippen molar-refractivity contribution < 1.29 is 5.11 Å². The number of hydrogen-bond donors (Lipinski definition) is 2. The Kier molecular flexibility index (Phi) is 3.76. The Balaban J connectivity index is 2.25. The summed E-state index contributed by atoms with van der Waals surface area (Å²) < 4.78 is 2.19. The van der Waals surface area contributed by atoms with Crippen LogP contribution in [0.15, 0.2) is 30.5 Å². The second-order valence-electron chi connectivity index (χ2n) is 4.08. The van der Waals surface area contributed by atoms with Crippen molar-refractivity contribution in [1.29, 1.82) is 0 Å². The standard InChI is InChI=1S/C13H16N2OS/c14-13(17)11-3-4-12-10(9-11)5-7-15(12)6-1-2-8-16/h3-5,7,9,16H,1-2,6,8H2,(H2,14,17). The Morgan fingerprint density at radius 2 is 2.12 bits per heavy atom. The third-order valence-electron chi connectivity index (χ3n) is 2.86. The molecule has 0 aliphatic heterocycles. The minimum atomic E-state index is 0.255. The molecule has 2 aromatic rings. The zero-order valence-corrected chi connectivity index (χ0v) is 10.4. The molecule has 3 N–H and O–H groups in total. The molecule has 17 heavy (non-hydrogen) atoms. The van der Waals surface area contributed by atoms with Gasteiger partial charge in [-0.25, -0.2) is 0 Å². The number of unbranched alkanes of at least 4 members (excludes halogenated alkanes) is 1. The third kappa shape index (κ3) is 2.65. The van der Waals surface area contributed by atoms with Gasteiger partial charge < -0.3 is 15.4 Å². The van der Waals surface area contributed by atoms with E-state index in [1.807, 2.05) is 18.2 Å². The average Bonchev–Trinajstić information content (AvgIpc) is 2.72. The van der Waals surface area contributed by atoms with Crippen molar-refractivity contribution in [2.45, 2.75) is 19.4 Å². The van der Waals surface area contributed by atoms with Gasteiger partial charge in [0.1, 0.15) is 4.99 Å². The smallest absolute Gasteiger partial charge is 0.104 e. The molecule has 2 rings (SSSR count). The molecule has 0 radical (unpaired) electrons. The third-order valence-corrected chi connectivity index (χ3v) is 3.10. The molecular formula is C13H16N2OS. The van der Waals surface area contributed by atoms with Gasteiger partial charge in [-0.15, -0.1) is 0 Å². The van der Waals surface area contributed by atoms with E-state index in [4.69, 9.17) is 23.1 Å². The molecule has 0 aliphatic rings. The van der Waals surface area contributed by atoms with Gasteiger partial charge in [-0.2, -0.15) is 0 Å². The van der Waals surface area contributed by atoms with Gasteiger partial charge in [0.25, 0.3) is 0 Å². The summed E-state index contributed by atoms with van der Waals surface area (Å²) in [6.07, 6.45) is 3.88. The highest BCUT2D eigenvalue weighted by molar-refractivity contribution is 7.80. The number of thiocarbonyl (C=S) groups is 1. The first kappa shape index (κ1) is 12.1. The van der Waals surface area contributed by atoms with Gasteiger partial charge in [-0.3, -0.25) is 0 Å². The van der Waals surface area contributed by atoms with Gasteiger partial charge in [-0.05, 0) is 37.1 Å². The second-order valence-corrected chi connectivity index (χ2v) is 4.52. The lowest BCUT2D eigenvalue weighted by Gasteiger charge is -2.05. The number of hydrogen-bond acceptors (Lipinski definition) is 2. The summed E-state index contributed by atoms with van der Waals surface area (Å²) in [5.74, 6) is 0. The van der Waals surface area contributed by atoms with E-state index in [0.717, 1.165) is 30.3 Å². The van der Waals surface area contributed by atoms with Gasteiger partial charge in [0.15, 0.2) is 0 Å². The van der Waals surface area contributed by atoms with E-state index in [0.29, 0.717) is 4.99 Å². The number of aryl methyl sites for hydroxylation is 1. The molecule has 1 aromatic carbocycles. The molecule has 90 valence electrons. The molecule has 1 aromatic heterocycles. The van der Waals surface area contributed by atoms with E-state index in [1.54, 1.807) is 0 Å². The van der Waals surface area contributed by atoms with Crippen molar-refractivity contribution >= 4 is 28.1 Å². The van der Waals surface area contributed by atoms with Gasteiger partial charge in [0.05, 0.1) is 0 Å². The fourth-order valence-corrected chi connectivity index (χ4v) is 2.07. The highest BCUT2D eigenvalue weighted by Crippen LogP contribution is 2.18. The van der Waals surface area contributed by atoms with E-state index < -0.39 is 0 Å². The molecule has 0 spiro atoms. The van der Waals surface area contributed by atoms with Crippen LogP contribution in [0.3, 0.4) is 0 Å². The minimum absolute atomic E-state index is 0.255. The Labute approximate surface area is 106 Å². The summed E-state index contributed by atoms with van der Waals surface area (Å²) in [7, 11) is 0. The van der Waals surface area contributed by atoms with Crippen LogP contribution in [0.4, 0.5) is 0 Å². The number of fused-ring (bicyclic) bond motifs is 1. The summed E-state index contributed by atoms with van der Waals surface area (Å²) in [6, 6.07) is 8.08. The summed E-state index contributed by atoms with van der Waals surface area (Å²) in [4.78, 5) is 0.430. The largest absolute Gasteiger partial charge is 0.396 e. The molecule has 1 heterocycles. The quantitative estimate of drug-likeness (QED) is 0.629. The molecule has 0 bridgehead atoms. The predicted molar refractivity (Wildman–Crippen MR) is 74.1 cm³/mol. The van der Waals surface area contributed by atoms with E-state index in [9.17, 15) is 0 Å². The summed E-state index contributed by atoms with van der Waals surface area (Å²) >= 11 is 4.96. The second kappa shape index (κ2) is 5.29. The van der Waals surface area contributed by atoms with Crippen LogP contribution in [0.5, 0.6) is 0 Å². The highest BCUT2D eigenvalue weighted by atomic mass is 32.1. The van der Waals surface area contributed by atoms with Crippen LogP contribution in [0.1, 0.15) is 18.4 Å². The number of nitrogens with zero attached hydrogens (tertiary/aromatic N) is 1. The maximum absolute atomic E-state index is 8.77. The fourth-order valence-electron chi connectivity index (χ4n) is 1.94. The Hall–Kier alpha value is -1.39. The van der Waals surface area contributed by atoms with E-state index in [-0.39, 0.29) is 6.61 Å². The lowest BCUT2D eigenvalue weighted by atomic mass is 10.1. The Morgan fingerprint density at radius 1 is 1.29 bits per heavy atom. The van der Waals surface area contributed by atoms with Crippen LogP contribution >= 0.6 is 12.2 Å². The van der Waals surface area contributed by atoms with Crippen LogP contribution in [0, 0.1) is 0 Å². The molecule has 0 saturated heterocycles. The lowest BCUT2D eigenvalue weighted by Crippen LogP contribution is -2.08. The fraction of sp³-hybridized carbons (Fsp3) is 0.308. The summed E-state index contributed by atoms with van der Waals surface area (Å²) in [5, 5.41) is 9.92. The lowest BCUT2D eigenvalue weighted by molar-refractivity contribution is 0.281. The SMILES string of the molecule is NC(=S)c1ccc2c(ccn2CCCCO)c1. The number of benzene rings is 1. The van der Waals surface area contributed by atoms with Crippen LogP contribution < -0.4 is 5.73 Å². The van der Waals surface area contributed by atoms with Crippen LogP contribution in [-0.4, -0.2) is 21.3 Å². The molecule has 0 saturated carbocycles. The predicted octanol–water partition coefficient (Wildman–Crippen LogP) is 2.05. The molecule has 0 amide bonds. The van der Waals surface area contributed by atoms with Crippen molar-refractivity contribution in [2.24, 2.45) is 5.73 Å². The topological polar surface area (TPSA) is 51.2 Å². The van der Waals surface area contributed by atoms with Crippen molar-refractivity contribution in [3.05, 3.63) is 36.0 Å². The number of aromatic nitrogens is 1. The van der Waals surface area contributed by atoms with Crippen molar-refractivity contribution in [2.75, 3.05) is 6.61 Å². The maximum Gasteiger partial charge on any atom is 0.104 e. The van der Waals surface area contributed by atoms with E-state index in [1.165, 1.54) is 5.52 Å². The van der Waals surface area contributed by atoms with Gasteiger partial charge in [-0.1, -0.05) is 12.2 Å². The summed E-state index contributed by atoms with van der Waals surface area (Å²) in [5.41, 5.74) is 7.69. The molecule has 0 unspecified atom stereocenters. The van der Waals surface area contributed by atoms with Crippen molar-refractivity contribution in [3.8, 4) is 0 Å². The summed E-state index contributed by atoms with van der Waals surface area (Å²) in [6.45, 7) is 1.18. The Morgan fingerprint density at radius 3 is 2.82 bits per heavy atom. The van der Waals surface area contributed by atoms with Gasteiger partial charge in [0, 0.05) is 35.8 Å². The monoisotopic (exact) mass is 248 g/mol. The van der Waals surface area contributed by atoms with Crippen LogP contribution in [0.2, 0.25) is 0 Å². The van der Waals surface area contributed by atoms with Crippen molar-refractivity contribution in [3.63, 3.8) is 0 Å². The number of aliphatic hydroxyl groups is 1. The molecule has 3 nitrogen and oxygen atoms in total. The first-order chi connectivity index (χ1) is 8.22. The first-order valence-corrected chi connectivity index (χ1v) is 6.13. The zero-order chi connectivity index (χ0) is 12.3. The van der Waals surface area contributed by atoms with Crippen molar-refractivity contribution in [1.82, 2.24) is 4.57 Å². The highest BCUT2D eigenvalue weighted by Gasteiger charge is 2.03. The zero-order valence-electron chi connectivity index (χ0n) is 9.60. The van der Waals surface area contributed by atoms with Crippen LogP contribution in [-0.2, 0) is 6.54 Å². The molecule has 4 heteroatoms. The average molecular weight is 248 g/mol. The minimum Gasteiger partial charge on any atom is -0.396 e. The molecule has 0 atom stereocenters. The van der Waals surface area contributed by atoms with Gasteiger partial charge in [0.2, 0.25) is 0 Å². The van der Waals surface area contributed by atoms with E-state index in [2.05, 4.69) is 16.8 Å². The molecule has 0 aliphatic carbocycles. The Bertz CT molecular complexity index is 533. The van der Waals surface area contributed by atoms with E-state index >= 15 is 0 Å². The number of rotatable bonds is 5. The molecular weight excluding hydrogens is 232 g/mol. The molecule has 0 fully saturated rings. The normalized spacial score (nSPS) is 10.9. The number of nitrogens with two attached hydrogens (primary N) is 1. The van der Waals surface area contributed by atoms with Gasteiger partial charge >= 0.3 is 0 Å². The number of aliphatic hydroxyl groups excluding tert-OH is 1. The first-order valence-electron chi connectivity index (χ1n) is 5.72. The maximum atomic E-state index is 8.77. The van der Waals surface area contributed by atoms with Crippen LogP contribution in [0.25, 0.3) is 10.9 Å².